The number of methoxy groups -OCH3 is 2. The molecule has 0 aromatic heterocycles. The molecule has 3 aliphatic carbocycles. The Morgan fingerprint density at radius 3 is 2.45 bits per heavy atom. The number of nitrogen functional groups attached to an aromatic ring is 1. The maximum atomic E-state index is 11.6. The second-order valence-corrected chi connectivity index (χ2v) is 6.03. The summed E-state index contributed by atoms with van der Waals surface area (Å²) < 4.78 is 15.8. The molecule has 0 radical (unpaired) electrons. The van der Waals surface area contributed by atoms with Gasteiger partial charge in [-0.05, 0) is 19.3 Å². The molecule has 20 heavy (non-hydrogen) atoms. The van der Waals surface area contributed by atoms with Gasteiger partial charge in [-0.1, -0.05) is 0 Å². The summed E-state index contributed by atoms with van der Waals surface area (Å²) in [6.45, 7) is 0.609. The van der Waals surface area contributed by atoms with Crippen LogP contribution in [0, 0.1) is 10.8 Å². The first-order chi connectivity index (χ1) is 9.51. The lowest BCUT2D eigenvalue weighted by Gasteiger charge is -2.68. The highest BCUT2D eigenvalue weighted by atomic mass is 16.5. The first kappa shape index (κ1) is 13.1. The Kier molecular flexibility index (Phi) is 2.81. The van der Waals surface area contributed by atoms with Crippen molar-refractivity contribution in [2.24, 2.45) is 10.8 Å². The molecule has 2 bridgehead atoms. The number of carbonyl (C=O) groups is 1. The molecular weight excluding hydrogens is 258 g/mol. The lowest BCUT2D eigenvalue weighted by Crippen LogP contribution is -2.67. The summed E-state index contributed by atoms with van der Waals surface area (Å²) in [5.41, 5.74) is 6.33. The van der Waals surface area contributed by atoms with E-state index in [0.717, 1.165) is 19.3 Å². The average Bonchev–Trinajstić information content (AvgIpc) is 2.34. The Labute approximate surface area is 118 Å². The van der Waals surface area contributed by atoms with Crippen molar-refractivity contribution in [1.82, 2.24) is 0 Å². The van der Waals surface area contributed by atoms with E-state index in [-0.39, 0.29) is 16.8 Å². The van der Waals surface area contributed by atoms with Crippen LogP contribution in [0.2, 0.25) is 0 Å². The zero-order valence-corrected chi connectivity index (χ0v) is 11.8. The number of carbonyl (C=O) groups excluding carboxylic acids is 1. The first-order valence-electron chi connectivity index (χ1n) is 6.67. The smallest absolute Gasteiger partial charge is 0.311 e. The molecule has 2 N–H and O–H groups in total. The van der Waals surface area contributed by atoms with Crippen LogP contribution in [0.4, 0.5) is 5.69 Å². The van der Waals surface area contributed by atoms with Crippen LogP contribution in [-0.2, 0) is 9.53 Å². The number of hydrogen-bond acceptors (Lipinski definition) is 5. The highest BCUT2D eigenvalue weighted by Crippen LogP contribution is 2.73. The van der Waals surface area contributed by atoms with Gasteiger partial charge in [-0.2, -0.15) is 0 Å². The molecule has 0 heterocycles. The Morgan fingerprint density at radius 1 is 1.20 bits per heavy atom. The van der Waals surface area contributed by atoms with Crippen molar-refractivity contribution < 1.29 is 19.0 Å². The van der Waals surface area contributed by atoms with Gasteiger partial charge in [0.1, 0.15) is 11.5 Å². The van der Waals surface area contributed by atoms with Crippen molar-refractivity contribution in [3.8, 4) is 11.5 Å². The highest BCUT2D eigenvalue weighted by Gasteiger charge is 2.72. The normalized spacial score (nSPS) is 29.9. The van der Waals surface area contributed by atoms with Gasteiger partial charge in [-0.25, -0.2) is 0 Å². The SMILES string of the molecule is COC(=O)C12CC(COc3cc(N)cc(OC)c3)(C1)C2. The minimum atomic E-state index is -0.217. The summed E-state index contributed by atoms with van der Waals surface area (Å²) >= 11 is 0. The van der Waals surface area contributed by atoms with Gasteiger partial charge in [0.05, 0.1) is 26.2 Å². The molecule has 3 aliphatic rings. The third-order valence-electron chi connectivity index (χ3n) is 4.44. The summed E-state index contributed by atoms with van der Waals surface area (Å²) in [6.07, 6.45) is 2.60. The summed E-state index contributed by atoms with van der Waals surface area (Å²) in [4.78, 5) is 11.6. The second-order valence-electron chi connectivity index (χ2n) is 6.03. The molecule has 4 rings (SSSR count). The second kappa shape index (κ2) is 4.30. The molecule has 1 aromatic carbocycles. The van der Waals surface area contributed by atoms with Gasteiger partial charge in [-0.3, -0.25) is 4.79 Å². The van der Waals surface area contributed by atoms with Gasteiger partial charge in [0, 0.05) is 29.3 Å². The molecule has 108 valence electrons. The van der Waals surface area contributed by atoms with Gasteiger partial charge < -0.3 is 19.9 Å². The van der Waals surface area contributed by atoms with E-state index >= 15 is 0 Å². The maximum Gasteiger partial charge on any atom is 0.311 e. The van der Waals surface area contributed by atoms with Crippen molar-refractivity contribution in [3.63, 3.8) is 0 Å². The predicted molar refractivity (Wildman–Crippen MR) is 73.6 cm³/mol. The molecule has 0 aliphatic heterocycles. The van der Waals surface area contributed by atoms with Crippen LogP contribution in [0.15, 0.2) is 18.2 Å². The molecule has 5 heteroatoms. The largest absolute Gasteiger partial charge is 0.497 e. The van der Waals surface area contributed by atoms with E-state index in [9.17, 15) is 4.79 Å². The van der Waals surface area contributed by atoms with Gasteiger partial charge >= 0.3 is 5.97 Å². The van der Waals surface area contributed by atoms with Crippen LogP contribution in [0.3, 0.4) is 0 Å². The number of ether oxygens (including phenoxy) is 3. The highest BCUT2D eigenvalue weighted by molar-refractivity contribution is 5.81. The number of anilines is 1. The molecular formula is C15H19NO4. The predicted octanol–water partition coefficient (Wildman–Crippen LogP) is 2.00. The maximum absolute atomic E-state index is 11.6. The van der Waals surface area contributed by atoms with Gasteiger partial charge in [0.25, 0.3) is 0 Å². The van der Waals surface area contributed by atoms with E-state index in [1.165, 1.54) is 7.11 Å². The van der Waals surface area contributed by atoms with Gasteiger partial charge in [-0.15, -0.1) is 0 Å². The Hall–Kier alpha value is -1.91. The van der Waals surface area contributed by atoms with Crippen LogP contribution in [0.25, 0.3) is 0 Å². The lowest BCUT2D eigenvalue weighted by atomic mass is 9.35. The number of esters is 1. The average molecular weight is 277 g/mol. The number of benzene rings is 1. The zero-order valence-electron chi connectivity index (χ0n) is 11.8. The molecule has 3 saturated carbocycles. The van der Waals surface area contributed by atoms with Crippen molar-refractivity contribution in [2.45, 2.75) is 19.3 Å². The van der Waals surface area contributed by atoms with E-state index in [1.807, 2.05) is 6.07 Å². The molecule has 1 aromatic rings. The molecule has 0 atom stereocenters. The molecule has 5 nitrogen and oxygen atoms in total. The Bertz CT molecular complexity index is 535. The molecule has 0 spiro atoms. The van der Waals surface area contributed by atoms with E-state index < -0.39 is 0 Å². The Morgan fingerprint density at radius 2 is 1.85 bits per heavy atom. The van der Waals surface area contributed by atoms with Crippen LogP contribution in [-0.4, -0.2) is 26.8 Å². The summed E-state index contributed by atoms with van der Waals surface area (Å²) in [6, 6.07) is 5.35. The standard InChI is InChI=1S/C15H19NO4/c1-18-11-3-10(16)4-12(5-11)20-9-14-6-15(7-14,8-14)13(17)19-2/h3-5H,6-9,16H2,1-2H3. The molecule has 0 saturated heterocycles. The number of rotatable bonds is 5. The van der Waals surface area contributed by atoms with Gasteiger partial charge in [0.2, 0.25) is 0 Å². The summed E-state index contributed by atoms with van der Waals surface area (Å²) in [5, 5.41) is 0. The van der Waals surface area contributed by atoms with Crippen molar-refractivity contribution in [1.29, 1.82) is 0 Å². The lowest BCUT2D eigenvalue weighted by molar-refractivity contribution is -0.233. The van der Waals surface area contributed by atoms with E-state index in [4.69, 9.17) is 19.9 Å². The third-order valence-corrected chi connectivity index (χ3v) is 4.44. The van der Waals surface area contributed by atoms with Crippen LogP contribution < -0.4 is 15.2 Å². The zero-order chi connectivity index (χ0) is 14.4. The molecule has 0 unspecified atom stereocenters. The monoisotopic (exact) mass is 277 g/mol. The molecule has 0 amide bonds. The van der Waals surface area contributed by atoms with E-state index in [2.05, 4.69) is 0 Å². The van der Waals surface area contributed by atoms with Crippen LogP contribution >= 0.6 is 0 Å². The number of hydrogen-bond donors (Lipinski definition) is 1. The van der Waals surface area contributed by atoms with E-state index in [1.54, 1.807) is 19.2 Å². The van der Waals surface area contributed by atoms with Crippen molar-refractivity contribution in [3.05, 3.63) is 18.2 Å². The molecule has 3 fully saturated rings. The van der Waals surface area contributed by atoms with Crippen LogP contribution in [0.5, 0.6) is 11.5 Å². The van der Waals surface area contributed by atoms with Crippen molar-refractivity contribution in [2.75, 3.05) is 26.6 Å². The minimum absolute atomic E-state index is 0.0787. The summed E-state index contributed by atoms with van der Waals surface area (Å²) in [7, 11) is 3.05. The fourth-order valence-corrected chi connectivity index (χ4v) is 3.62. The fourth-order valence-electron chi connectivity index (χ4n) is 3.62. The fraction of sp³-hybridized carbons (Fsp3) is 0.533. The quantitative estimate of drug-likeness (QED) is 0.658. The van der Waals surface area contributed by atoms with Gasteiger partial charge in [0.15, 0.2) is 0 Å². The Balaban J connectivity index is 1.58. The van der Waals surface area contributed by atoms with Crippen LogP contribution in [0.1, 0.15) is 19.3 Å². The van der Waals surface area contributed by atoms with E-state index in [0.29, 0.717) is 23.8 Å². The minimum Gasteiger partial charge on any atom is -0.497 e. The third kappa shape index (κ3) is 1.88. The first-order valence-corrected chi connectivity index (χ1v) is 6.67. The number of nitrogens with two attached hydrogens (primary N) is 1. The van der Waals surface area contributed by atoms with Crippen molar-refractivity contribution >= 4 is 11.7 Å². The summed E-state index contributed by atoms with van der Waals surface area (Å²) in [5.74, 6) is 1.31. The topological polar surface area (TPSA) is 70.8 Å².